The monoisotopic (exact) mass is 734 g/mol. The van der Waals surface area contributed by atoms with Crippen LogP contribution in [0.5, 0.6) is 0 Å². The molecule has 1 fully saturated rings. The van der Waals surface area contributed by atoms with Crippen molar-refractivity contribution in [2.24, 2.45) is 0 Å². The van der Waals surface area contributed by atoms with Crippen molar-refractivity contribution in [1.82, 2.24) is 21.3 Å². The van der Waals surface area contributed by atoms with E-state index in [0.717, 1.165) is 42.5 Å². The molecule has 1 saturated carbocycles. The third-order valence-electron chi connectivity index (χ3n) is 8.95. The van der Waals surface area contributed by atoms with Crippen LogP contribution in [0.4, 0.5) is 16.2 Å². The molecule has 4 amide bonds. The molecule has 7 N–H and O–H groups in total. The maximum Gasteiger partial charge on any atom is 0.323 e. The summed E-state index contributed by atoms with van der Waals surface area (Å²) in [5.74, 6) is -1.40. The summed E-state index contributed by atoms with van der Waals surface area (Å²) in [7, 11) is 0. The lowest BCUT2D eigenvalue weighted by Crippen LogP contribution is -2.59. The Kier molecular flexibility index (Phi) is 18.4. The average Bonchev–Trinajstić information content (AvgIpc) is 3.13. The molecule has 2 aromatic carbocycles. The van der Waals surface area contributed by atoms with E-state index >= 15 is 0 Å². The van der Waals surface area contributed by atoms with E-state index < -0.39 is 17.6 Å². The molecule has 3 rings (SSSR count). The molecular weight excluding hydrogens is 676 g/mol. The number of anilines is 2. The van der Waals surface area contributed by atoms with E-state index in [1.807, 2.05) is 50.2 Å². The van der Waals surface area contributed by atoms with Gasteiger partial charge in [0.05, 0.1) is 32.4 Å². The van der Waals surface area contributed by atoms with Gasteiger partial charge in [0.1, 0.15) is 5.54 Å². The third-order valence-corrected chi connectivity index (χ3v) is 8.95. The van der Waals surface area contributed by atoms with Crippen LogP contribution >= 0.6 is 0 Å². The van der Waals surface area contributed by atoms with Gasteiger partial charge in [-0.15, -0.1) is 0 Å². The molecule has 0 saturated heterocycles. The van der Waals surface area contributed by atoms with Gasteiger partial charge in [-0.05, 0) is 68.4 Å². The van der Waals surface area contributed by atoms with E-state index in [2.05, 4.69) is 45.1 Å². The number of amides is 4. The van der Waals surface area contributed by atoms with Crippen molar-refractivity contribution >= 4 is 35.2 Å². The fraction of sp³-hybridized carbons (Fsp3) is 0.500. The minimum Gasteiger partial charge on any atom is -0.481 e. The quantitative estimate of drug-likeness (QED) is 0.0697. The number of carboxylic acids is 1. The van der Waals surface area contributed by atoms with Crippen molar-refractivity contribution in [3.05, 3.63) is 84.2 Å². The highest BCUT2D eigenvalue weighted by Gasteiger charge is 2.40. The topological polar surface area (TPSA) is 179 Å². The lowest BCUT2D eigenvalue weighted by atomic mass is 9.80. The molecule has 0 aromatic heterocycles. The smallest absolute Gasteiger partial charge is 0.323 e. The van der Waals surface area contributed by atoms with Gasteiger partial charge in [-0.25, -0.2) is 4.79 Å². The largest absolute Gasteiger partial charge is 0.481 e. The molecule has 290 valence electrons. The van der Waals surface area contributed by atoms with Gasteiger partial charge in [0.25, 0.3) is 0 Å². The summed E-state index contributed by atoms with van der Waals surface area (Å²) in [4.78, 5) is 50.4. The first-order chi connectivity index (χ1) is 25.5. The summed E-state index contributed by atoms with van der Waals surface area (Å²) in [6, 6.07) is 13.9. The van der Waals surface area contributed by atoms with Crippen LogP contribution in [-0.4, -0.2) is 80.0 Å². The average molecular weight is 735 g/mol. The van der Waals surface area contributed by atoms with Gasteiger partial charge in [0.2, 0.25) is 11.8 Å². The summed E-state index contributed by atoms with van der Waals surface area (Å²) in [5.41, 5.74) is 3.45. The van der Waals surface area contributed by atoms with E-state index in [1.54, 1.807) is 12.1 Å². The van der Waals surface area contributed by atoms with E-state index in [-0.39, 0.29) is 30.8 Å². The van der Waals surface area contributed by atoms with Gasteiger partial charge < -0.3 is 46.5 Å². The van der Waals surface area contributed by atoms with Crippen molar-refractivity contribution in [3.63, 3.8) is 0 Å². The van der Waals surface area contributed by atoms with Crippen LogP contribution < -0.4 is 31.9 Å². The molecule has 53 heavy (non-hydrogen) atoms. The summed E-state index contributed by atoms with van der Waals surface area (Å²) in [6.07, 6.45) is 5.96. The summed E-state index contributed by atoms with van der Waals surface area (Å²) in [6.45, 7) is 14.6. The van der Waals surface area contributed by atoms with Crippen molar-refractivity contribution < 1.29 is 33.8 Å². The first kappa shape index (κ1) is 42.5. The molecule has 13 nitrogen and oxygen atoms in total. The van der Waals surface area contributed by atoms with E-state index in [0.29, 0.717) is 82.2 Å². The summed E-state index contributed by atoms with van der Waals surface area (Å²) in [5, 5.41) is 27.3. The lowest BCUT2D eigenvalue weighted by Gasteiger charge is -2.39. The van der Waals surface area contributed by atoms with Gasteiger partial charge in [-0.3, -0.25) is 14.4 Å². The van der Waals surface area contributed by atoms with Gasteiger partial charge in [0, 0.05) is 48.8 Å². The number of benzene rings is 2. The number of ether oxygens (including phenoxy) is 2. The Labute approximate surface area is 313 Å². The fourth-order valence-corrected chi connectivity index (χ4v) is 6.09. The van der Waals surface area contributed by atoms with Gasteiger partial charge >= 0.3 is 12.0 Å². The number of allylic oxidation sites excluding steroid dienone is 1. The maximum absolute atomic E-state index is 13.5. The lowest BCUT2D eigenvalue weighted by molar-refractivity contribution is -0.137. The second kappa shape index (κ2) is 22.9. The molecule has 1 aliphatic carbocycles. The third kappa shape index (κ3) is 15.7. The molecule has 2 aromatic rings. The van der Waals surface area contributed by atoms with Crippen LogP contribution in [0.25, 0.3) is 0 Å². The first-order valence-electron chi connectivity index (χ1n) is 18.6. The number of carbonyl (C=O) groups is 4. The van der Waals surface area contributed by atoms with Crippen molar-refractivity contribution in [1.29, 1.82) is 0 Å². The molecule has 0 aliphatic heterocycles. The molecule has 0 heterocycles. The Bertz CT molecular complexity index is 1510. The number of urea groups is 1. The Balaban J connectivity index is 1.50. The minimum atomic E-state index is -0.928. The Morgan fingerprint density at radius 3 is 2.26 bits per heavy atom. The maximum atomic E-state index is 13.5. The van der Waals surface area contributed by atoms with Crippen LogP contribution in [0.3, 0.4) is 0 Å². The van der Waals surface area contributed by atoms with Crippen LogP contribution in [-0.2, 0) is 30.3 Å². The SMILES string of the molecule is C=C(Cc1ccc(NC(=O)Nc2ccccc2C)cc1)NCC(=O)N[C@@H](CCCC(=O)O)C(=C)NC1(C(=O)NCCOCCOCCC)CCCCC1. The van der Waals surface area contributed by atoms with Crippen LogP contribution in [0.2, 0.25) is 0 Å². The zero-order valence-electron chi connectivity index (χ0n) is 31.3. The van der Waals surface area contributed by atoms with Crippen LogP contribution in [0.1, 0.15) is 75.8 Å². The zero-order valence-corrected chi connectivity index (χ0v) is 31.3. The minimum absolute atomic E-state index is 0.0600. The highest BCUT2D eigenvalue weighted by atomic mass is 16.5. The first-order valence-corrected chi connectivity index (χ1v) is 18.6. The summed E-state index contributed by atoms with van der Waals surface area (Å²) < 4.78 is 11.0. The molecule has 1 aliphatic rings. The van der Waals surface area contributed by atoms with Gasteiger partial charge in [0.15, 0.2) is 0 Å². The number of hydrogen-bond acceptors (Lipinski definition) is 8. The van der Waals surface area contributed by atoms with E-state index in [4.69, 9.17) is 9.47 Å². The van der Waals surface area contributed by atoms with Crippen molar-refractivity contribution in [2.45, 2.75) is 89.6 Å². The Morgan fingerprint density at radius 2 is 1.58 bits per heavy atom. The molecule has 1 atom stereocenters. The zero-order chi connectivity index (χ0) is 38.5. The summed E-state index contributed by atoms with van der Waals surface area (Å²) >= 11 is 0. The predicted molar refractivity (Wildman–Crippen MR) is 208 cm³/mol. The van der Waals surface area contributed by atoms with Crippen molar-refractivity contribution in [3.8, 4) is 0 Å². The number of aryl methyl sites for hydroxylation is 1. The molecule has 0 radical (unpaired) electrons. The normalized spacial score (nSPS) is 13.9. The number of hydrogen-bond donors (Lipinski definition) is 7. The second-order valence-electron chi connectivity index (χ2n) is 13.4. The van der Waals surface area contributed by atoms with Gasteiger partial charge in [-0.1, -0.05) is 69.7 Å². The number of aliphatic carboxylic acids is 1. The van der Waals surface area contributed by atoms with Crippen molar-refractivity contribution in [2.75, 3.05) is 50.2 Å². The van der Waals surface area contributed by atoms with E-state index in [1.165, 1.54) is 0 Å². The van der Waals surface area contributed by atoms with Crippen LogP contribution in [0.15, 0.2) is 73.1 Å². The Morgan fingerprint density at radius 1 is 0.887 bits per heavy atom. The highest BCUT2D eigenvalue weighted by Crippen LogP contribution is 2.30. The highest BCUT2D eigenvalue weighted by molar-refractivity contribution is 6.00. The number of nitrogens with one attached hydrogen (secondary N) is 6. The second-order valence-corrected chi connectivity index (χ2v) is 13.4. The number of carbonyl (C=O) groups excluding carboxylic acids is 3. The van der Waals surface area contributed by atoms with Gasteiger partial charge in [-0.2, -0.15) is 0 Å². The Hall–Kier alpha value is -4.88. The number of rotatable bonds is 24. The molecule has 0 bridgehead atoms. The van der Waals surface area contributed by atoms with E-state index in [9.17, 15) is 24.3 Å². The number of carboxylic acid groups (broad SMARTS) is 1. The number of para-hydroxylation sites is 1. The molecule has 0 unspecified atom stereocenters. The fourth-order valence-electron chi connectivity index (χ4n) is 6.09. The molecular formula is C40H58N6O7. The standard InChI is InChI=1S/C40H58N6O7/c1-5-23-52-25-26-53-24-22-41-38(50)40(20-9-6-10-21-40)46-31(4)35(14-11-15-37(48)49)44-36(47)28-42-30(3)27-32-16-18-33(19-17-32)43-39(51)45-34-13-8-7-12-29(34)2/h7-8,12-13,16-19,35,42,46H,3-6,9-11,14-15,20-28H2,1-2H3,(H,41,50)(H,44,47)(H,48,49)(H2,43,45,51)/t35-/m0/s1. The van der Waals surface area contributed by atoms with Crippen LogP contribution in [0, 0.1) is 6.92 Å². The molecule has 13 heteroatoms. The molecule has 0 spiro atoms. The predicted octanol–water partition coefficient (Wildman–Crippen LogP) is 5.39.